The molecule has 2 heterocycles. The van der Waals surface area contributed by atoms with Crippen LogP contribution in [0.4, 0.5) is 5.82 Å². The molecule has 0 radical (unpaired) electrons. The molecule has 0 aliphatic carbocycles. The van der Waals surface area contributed by atoms with Crippen molar-refractivity contribution in [2.75, 3.05) is 40.3 Å². The van der Waals surface area contributed by atoms with Gasteiger partial charge in [-0.3, -0.25) is 4.90 Å². The van der Waals surface area contributed by atoms with E-state index in [1.54, 1.807) is 21.3 Å². The van der Waals surface area contributed by atoms with E-state index in [0.717, 1.165) is 47.4 Å². The number of aryl methyl sites for hydroxylation is 1. The molecule has 4 aromatic rings. The lowest BCUT2D eigenvalue weighted by atomic mass is 9.88. The maximum absolute atomic E-state index is 5.69. The van der Waals surface area contributed by atoms with Crippen LogP contribution in [-0.4, -0.2) is 35.4 Å². The predicted octanol–water partition coefficient (Wildman–Crippen LogP) is 5.03. The molecule has 0 atom stereocenters. The van der Waals surface area contributed by atoms with E-state index in [9.17, 15) is 0 Å². The second kappa shape index (κ2) is 8.90. The highest BCUT2D eigenvalue weighted by molar-refractivity contribution is 5.95. The first-order chi connectivity index (χ1) is 16.5. The number of nitrogens with zero attached hydrogens (tertiary/aromatic N) is 2. The summed E-state index contributed by atoms with van der Waals surface area (Å²) in [5.74, 6) is 3.56. The van der Waals surface area contributed by atoms with Gasteiger partial charge in [0.25, 0.3) is 5.82 Å². The van der Waals surface area contributed by atoms with Crippen LogP contribution in [0, 0.1) is 0 Å². The molecule has 0 spiro atoms. The van der Waals surface area contributed by atoms with Crippen molar-refractivity contribution in [2.24, 2.45) is 0 Å². The fourth-order valence-corrected chi connectivity index (χ4v) is 5.18. The molecule has 0 saturated carbocycles. The molecule has 0 unspecified atom stereocenters. The highest BCUT2D eigenvalue weighted by Gasteiger charge is 2.30. The minimum Gasteiger partial charge on any atom is -0.497 e. The second-order valence-electron chi connectivity index (χ2n) is 8.93. The van der Waals surface area contributed by atoms with Gasteiger partial charge in [-0.15, -0.1) is 0 Å². The SMILES string of the molecule is COc1cc2c(c(Cc3ccccc3)c1)-c1cc3cc(OC)c(OC)cc3c(N(C)C)[n+]1CC2. The van der Waals surface area contributed by atoms with Crippen molar-refractivity contribution in [2.45, 2.75) is 19.4 Å². The fourth-order valence-electron chi connectivity index (χ4n) is 5.18. The number of aromatic nitrogens is 1. The van der Waals surface area contributed by atoms with Crippen molar-refractivity contribution in [3.05, 3.63) is 77.4 Å². The van der Waals surface area contributed by atoms with Gasteiger partial charge >= 0.3 is 0 Å². The molecule has 5 rings (SSSR count). The molecule has 1 aromatic heterocycles. The minimum atomic E-state index is 0.736. The van der Waals surface area contributed by atoms with Crippen molar-refractivity contribution < 1.29 is 18.8 Å². The maximum atomic E-state index is 5.69. The van der Waals surface area contributed by atoms with Crippen molar-refractivity contribution in [1.82, 2.24) is 0 Å². The third-order valence-electron chi connectivity index (χ3n) is 6.67. The van der Waals surface area contributed by atoms with Gasteiger partial charge in [-0.25, -0.2) is 4.57 Å². The van der Waals surface area contributed by atoms with Crippen LogP contribution in [0.1, 0.15) is 16.7 Å². The Morgan fingerprint density at radius 2 is 1.59 bits per heavy atom. The van der Waals surface area contributed by atoms with Crippen LogP contribution in [0.2, 0.25) is 0 Å². The molecule has 5 nitrogen and oxygen atoms in total. The maximum Gasteiger partial charge on any atom is 0.284 e. The summed E-state index contributed by atoms with van der Waals surface area (Å²) in [7, 11) is 9.32. The Hall–Kier alpha value is -3.73. The molecule has 1 aliphatic rings. The highest BCUT2D eigenvalue weighted by atomic mass is 16.5. The summed E-state index contributed by atoms with van der Waals surface area (Å²) >= 11 is 0. The van der Waals surface area contributed by atoms with Crippen LogP contribution in [-0.2, 0) is 19.4 Å². The van der Waals surface area contributed by atoms with E-state index in [1.165, 1.54) is 33.8 Å². The molecule has 3 aromatic carbocycles. The zero-order valence-electron chi connectivity index (χ0n) is 20.5. The lowest BCUT2D eigenvalue weighted by molar-refractivity contribution is -0.674. The van der Waals surface area contributed by atoms with Crippen LogP contribution in [0.5, 0.6) is 17.2 Å². The number of pyridine rings is 1. The topological polar surface area (TPSA) is 34.8 Å². The molecule has 0 bridgehead atoms. The molecule has 5 heteroatoms. The van der Waals surface area contributed by atoms with Crippen LogP contribution in [0.25, 0.3) is 22.0 Å². The van der Waals surface area contributed by atoms with E-state index in [-0.39, 0.29) is 0 Å². The lowest BCUT2D eigenvalue weighted by Gasteiger charge is -2.26. The zero-order chi connectivity index (χ0) is 23.8. The zero-order valence-corrected chi connectivity index (χ0v) is 20.5. The first-order valence-electron chi connectivity index (χ1n) is 11.6. The molecule has 0 amide bonds. The number of ether oxygens (including phenoxy) is 3. The number of benzene rings is 3. The molecule has 0 fully saturated rings. The number of hydrogen-bond donors (Lipinski definition) is 0. The van der Waals surface area contributed by atoms with Crippen molar-refractivity contribution in [3.8, 4) is 28.5 Å². The van der Waals surface area contributed by atoms with Gasteiger partial charge in [0.15, 0.2) is 11.5 Å². The average molecular weight is 456 g/mol. The Bertz CT molecular complexity index is 1360. The smallest absolute Gasteiger partial charge is 0.284 e. The number of fused-ring (bicyclic) bond motifs is 4. The Morgan fingerprint density at radius 3 is 2.26 bits per heavy atom. The van der Waals surface area contributed by atoms with E-state index in [2.05, 4.69) is 84.2 Å². The number of anilines is 1. The summed E-state index contributed by atoms with van der Waals surface area (Å²) in [5, 5.41) is 2.27. The molecule has 0 N–H and O–H groups in total. The van der Waals surface area contributed by atoms with Gasteiger partial charge in [0, 0.05) is 18.1 Å². The van der Waals surface area contributed by atoms with E-state index < -0.39 is 0 Å². The Labute approximate surface area is 201 Å². The Morgan fingerprint density at radius 1 is 0.853 bits per heavy atom. The number of methoxy groups -OCH3 is 3. The van der Waals surface area contributed by atoms with Crippen LogP contribution in [0.15, 0.2) is 60.7 Å². The second-order valence-corrected chi connectivity index (χ2v) is 8.93. The van der Waals surface area contributed by atoms with E-state index in [0.29, 0.717) is 0 Å². The van der Waals surface area contributed by atoms with Crippen LogP contribution in [0.3, 0.4) is 0 Å². The largest absolute Gasteiger partial charge is 0.497 e. The normalized spacial score (nSPS) is 12.1. The van der Waals surface area contributed by atoms with E-state index >= 15 is 0 Å². The standard InChI is InChI=1S/C29H31N2O3/c1-30(2)29-24-18-27(34-5)26(33-4)17-21(24)16-25-28-20(11-12-31(25)29)14-23(32-3)15-22(28)13-19-9-7-6-8-10-19/h6-10,14-18H,11-13H2,1-5H3/q+1. The molecule has 0 saturated heterocycles. The molecule has 34 heavy (non-hydrogen) atoms. The summed E-state index contributed by atoms with van der Waals surface area (Å²) in [5.41, 5.74) is 6.41. The summed E-state index contributed by atoms with van der Waals surface area (Å²) in [6.07, 6.45) is 1.80. The average Bonchev–Trinajstić information content (AvgIpc) is 2.86. The summed E-state index contributed by atoms with van der Waals surface area (Å²) < 4.78 is 19.4. The van der Waals surface area contributed by atoms with Crippen molar-refractivity contribution >= 4 is 16.6 Å². The summed E-state index contributed by atoms with van der Waals surface area (Å²) in [6, 6.07) is 21.5. The van der Waals surface area contributed by atoms with Gasteiger partial charge < -0.3 is 14.2 Å². The van der Waals surface area contributed by atoms with Crippen molar-refractivity contribution in [1.29, 1.82) is 0 Å². The third kappa shape index (κ3) is 3.71. The number of hydrogen-bond acceptors (Lipinski definition) is 4. The molecular weight excluding hydrogens is 424 g/mol. The predicted molar refractivity (Wildman–Crippen MR) is 137 cm³/mol. The van der Waals surface area contributed by atoms with E-state index in [1.807, 2.05) is 0 Å². The molecule has 1 aliphatic heterocycles. The van der Waals surface area contributed by atoms with Gasteiger partial charge in [0.2, 0.25) is 0 Å². The molecular formula is C29H31N2O3+. The van der Waals surface area contributed by atoms with Gasteiger partial charge in [0.05, 0.1) is 47.4 Å². The first kappa shape index (κ1) is 22.1. The van der Waals surface area contributed by atoms with Gasteiger partial charge in [-0.2, -0.15) is 0 Å². The van der Waals surface area contributed by atoms with Gasteiger partial charge in [0.1, 0.15) is 11.4 Å². The van der Waals surface area contributed by atoms with Crippen LogP contribution >= 0.6 is 0 Å². The summed E-state index contributed by atoms with van der Waals surface area (Å²) in [6.45, 7) is 0.901. The monoisotopic (exact) mass is 455 g/mol. The van der Waals surface area contributed by atoms with Gasteiger partial charge in [-0.05, 0) is 52.8 Å². The van der Waals surface area contributed by atoms with E-state index in [4.69, 9.17) is 14.2 Å². The number of rotatable bonds is 6. The minimum absolute atomic E-state index is 0.736. The fraction of sp³-hybridized carbons (Fsp3) is 0.276. The third-order valence-corrected chi connectivity index (χ3v) is 6.67. The lowest BCUT2D eigenvalue weighted by Crippen LogP contribution is -2.45. The van der Waals surface area contributed by atoms with Crippen LogP contribution < -0.4 is 23.7 Å². The summed E-state index contributed by atoms with van der Waals surface area (Å²) in [4.78, 5) is 2.20. The Balaban J connectivity index is 1.80. The quantitative estimate of drug-likeness (QED) is 0.382. The first-order valence-corrected chi connectivity index (χ1v) is 11.6. The van der Waals surface area contributed by atoms with Crippen molar-refractivity contribution in [3.63, 3.8) is 0 Å². The van der Waals surface area contributed by atoms with Gasteiger partial charge in [-0.1, -0.05) is 30.3 Å². The Kier molecular flexibility index (Phi) is 5.78. The highest BCUT2D eigenvalue weighted by Crippen LogP contribution is 2.40. The molecule has 174 valence electrons.